The summed E-state index contributed by atoms with van der Waals surface area (Å²) in [4.78, 5) is 11.8. The van der Waals surface area contributed by atoms with Crippen molar-refractivity contribution in [3.63, 3.8) is 0 Å². The molecule has 2 aromatic carbocycles. The maximum atomic E-state index is 11.8. The molecule has 4 heteroatoms. The number of rotatable bonds is 8. The summed E-state index contributed by atoms with van der Waals surface area (Å²) in [7, 11) is 1.65. The second kappa shape index (κ2) is 8.72. The van der Waals surface area contributed by atoms with Crippen molar-refractivity contribution in [2.75, 3.05) is 25.5 Å². The molecule has 0 spiro atoms. The minimum Gasteiger partial charge on any atom is -0.497 e. The highest BCUT2D eigenvalue weighted by Gasteiger charge is 2.01. The lowest BCUT2D eigenvalue weighted by Crippen LogP contribution is -2.28. The Morgan fingerprint density at radius 1 is 1.00 bits per heavy atom. The number of ether oxygens (including phenoxy) is 1. The standard InChI is InChI=1S/C18H22N2O2/c1-22-17-10-8-16(9-11-17)19-13-14-20-18(21)12-7-15-5-3-2-4-6-15/h2-6,8-11,19H,7,12-14H2,1H3,(H,20,21). The van der Waals surface area contributed by atoms with Crippen LogP contribution in [0.4, 0.5) is 5.69 Å². The quantitative estimate of drug-likeness (QED) is 0.737. The zero-order chi connectivity index (χ0) is 15.6. The minimum absolute atomic E-state index is 0.0837. The van der Waals surface area contributed by atoms with Gasteiger partial charge in [-0.25, -0.2) is 0 Å². The van der Waals surface area contributed by atoms with Crippen molar-refractivity contribution in [2.24, 2.45) is 0 Å². The fourth-order valence-electron chi connectivity index (χ4n) is 2.11. The molecule has 22 heavy (non-hydrogen) atoms. The van der Waals surface area contributed by atoms with E-state index in [1.54, 1.807) is 7.11 Å². The highest BCUT2D eigenvalue weighted by atomic mass is 16.5. The molecule has 0 atom stereocenters. The molecule has 1 amide bonds. The monoisotopic (exact) mass is 298 g/mol. The van der Waals surface area contributed by atoms with Gasteiger partial charge in [0.2, 0.25) is 5.91 Å². The van der Waals surface area contributed by atoms with Crippen molar-refractivity contribution in [2.45, 2.75) is 12.8 Å². The molecule has 2 rings (SSSR count). The summed E-state index contributed by atoms with van der Waals surface area (Å²) in [6.07, 6.45) is 1.30. The fourth-order valence-corrected chi connectivity index (χ4v) is 2.11. The van der Waals surface area contributed by atoms with E-state index in [0.29, 0.717) is 19.5 Å². The van der Waals surface area contributed by atoms with Crippen LogP contribution in [0.1, 0.15) is 12.0 Å². The third-order valence-corrected chi connectivity index (χ3v) is 3.35. The summed E-state index contributed by atoms with van der Waals surface area (Å²) in [6, 6.07) is 17.8. The average Bonchev–Trinajstić information content (AvgIpc) is 2.58. The number of amides is 1. The minimum atomic E-state index is 0.0837. The van der Waals surface area contributed by atoms with Crippen molar-refractivity contribution in [1.29, 1.82) is 0 Å². The van der Waals surface area contributed by atoms with Gasteiger partial charge >= 0.3 is 0 Å². The average molecular weight is 298 g/mol. The molecule has 0 unspecified atom stereocenters. The summed E-state index contributed by atoms with van der Waals surface area (Å²) in [5, 5.41) is 6.17. The lowest BCUT2D eigenvalue weighted by molar-refractivity contribution is -0.120. The molecule has 0 aromatic heterocycles. The van der Waals surface area contributed by atoms with Crippen molar-refractivity contribution in [3.05, 3.63) is 60.2 Å². The Balaban J connectivity index is 1.60. The van der Waals surface area contributed by atoms with Gasteiger partial charge < -0.3 is 15.4 Å². The molecule has 0 aliphatic carbocycles. The van der Waals surface area contributed by atoms with Gasteiger partial charge in [0.05, 0.1) is 7.11 Å². The van der Waals surface area contributed by atoms with Crippen LogP contribution in [0.5, 0.6) is 5.75 Å². The maximum Gasteiger partial charge on any atom is 0.220 e. The van der Waals surface area contributed by atoms with Crippen LogP contribution in [0.25, 0.3) is 0 Å². The number of aryl methyl sites for hydroxylation is 1. The van der Waals surface area contributed by atoms with E-state index in [9.17, 15) is 4.79 Å². The third-order valence-electron chi connectivity index (χ3n) is 3.35. The SMILES string of the molecule is COc1ccc(NCCNC(=O)CCc2ccccc2)cc1. The molecule has 0 aliphatic rings. The third kappa shape index (κ3) is 5.48. The van der Waals surface area contributed by atoms with E-state index in [4.69, 9.17) is 4.74 Å². The normalized spacial score (nSPS) is 10.0. The second-order valence-corrected chi connectivity index (χ2v) is 4.99. The van der Waals surface area contributed by atoms with Gasteiger partial charge in [0.1, 0.15) is 5.75 Å². The molecule has 0 saturated heterocycles. The van der Waals surface area contributed by atoms with E-state index in [1.807, 2.05) is 54.6 Å². The number of anilines is 1. The van der Waals surface area contributed by atoms with E-state index in [1.165, 1.54) is 5.56 Å². The highest BCUT2D eigenvalue weighted by Crippen LogP contribution is 2.14. The van der Waals surface area contributed by atoms with Gasteiger partial charge in [-0.2, -0.15) is 0 Å². The van der Waals surface area contributed by atoms with Crippen molar-refractivity contribution in [1.82, 2.24) is 5.32 Å². The zero-order valence-corrected chi connectivity index (χ0v) is 12.8. The smallest absolute Gasteiger partial charge is 0.220 e. The first-order valence-corrected chi connectivity index (χ1v) is 7.46. The van der Waals surface area contributed by atoms with Crippen molar-refractivity contribution < 1.29 is 9.53 Å². The predicted octanol–water partition coefficient (Wildman–Crippen LogP) is 2.86. The lowest BCUT2D eigenvalue weighted by Gasteiger charge is -2.09. The lowest BCUT2D eigenvalue weighted by atomic mass is 10.1. The van der Waals surface area contributed by atoms with Crippen LogP contribution in [0, 0.1) is 0 Å². The number of hydrogen-bond acceptors (Lipinski definition) is 3. The van der Waals surface area contributed by atoms with E-state index < -0.39 is 0 Å². The van der Waals surface area contributed by atoms with E-state index in [-0.39, 0.29) is 5.91 Å². The molecule has 2 aromatic rings. The molecule has 0 heterocycles. The number of carbonyl (C=O) groups excluding carboxylic acids is 1. The van der Waals surface area contributed by atoms with Gasteiger partial charge in [0.25, 0.3) is 0 Å². The second-order valence-electron chi connectivity index (χ2n) is 4.99. The van der Waals surface area contributed by atoms with E-state index >= 15 is 0 Å². The first kappa shape index (κ1) is 15.9. The molecule has 2 N–H and O–H groups in total. The van der Waals surface area contributed by atoms with Gasteiger partial charge in [-0.3, -0.25) is 4.79 Å². The molecule has 0 bridgehead atoms. The van der Waals surface area contributed by atoms with E-state index in [2.05, 4.69) is 10.6 Å². The predicted molar refractivity (Wildman–Crippen MR) is 89.3 cm³/mol. The van der Waals surface area contributed by atoms with E-state index in [0.717, 1.165) is 17.9 Å². The van der Waals surface area contributed by atoms with Gasteiger partial charge in [0.15, 0.2) is 0 Å². The van der Waals surface area contributed by atoms with Crippen molar-refractivity contribution >= 4 is 11.6 Å². The summed E-state index contributed by atoms with van der Waals surface area (Å²) >= 11 is 0. The maximum absolute atomic E-state index is 11.8. The molecular weight excluding hydrogens is 276 g/mol. The molecule has 0 aliphatic heterocycles. The van der Waals surface area contributed by atoms with Crippen LogP contribution in [-0.4, -0.2) is 26.1 Å². The zero-order valence-electron chi connectivity index (χ0n) is 12.8. The first-order chi connectivity index (χ1) is 10.8. The fraction of sp³-hybridized carbons (Fsp3) is 0.278. The topological polar surface area (TPSA) is 50.4 Å². The van der Waals surface area contributed by atoms with Crippen LogP contribution in [0.3, 0.4) is 0 Å². The Hall–Kier alpha value is -2.49. The highest BCUT2D eigenvalue weighted by molar-refractivity contribution is 5.76. The molecular formula is C18H22N2O2. The Kier molecular flexibility index (Phi) is 6.30. The molecule has 0 saturated carbocycles. The molecule has 4 nitrogen and oxygen atoms in total. The number of carbonyl (C=O) groups is 1. The summed E-state index contributed by atoms with van der Waals surface area (Å²) in [5.41, 5.74) is 2.20. The van der Waals surface area contributed by atoms with Crippen LogP contribution < -0.4 is 15.4 Å². The van der Waals surface area contributed by atoms with Gasteiger partial charge in [-0.1, -0.05) is 30.3 Å². The van der Waals surface area contributed by atoms with Gasteiger partial charge in [0, 0.05) is 25.2 Å². The Morgan fingerprint density at radius 2 is 1.73 bits per heavy atom. The number of methoxy groups -OCH3 is 1. The Bertz CT molecular complexity index is 567. The number of hydrogen-bond donors (Lipinski definition) is 2. The molecule has 0 radical (unpaired) electrons. The Morgan fingerprint density at radius 3 is 2.41 bits per heavy atom. The van der Waals surface area contributed by atoms with Crippen LogP contribution in [0.15, 0.2) is 54.6 Å². The molecule has 116 valence electrons. The van der Waals surface area contributed by atoms with Crippen LogP contribution >= 0.6 is 0 Å². The Labute approximate surface area is 131 Å². The van der Waals surface area contributed by atoms with Gasteiger partial charge in [-0.15, -0.1) is 0 Å². The largest absolute Gasteiger partial charge is 0.497 e. The summed E-state index contributed by atoms with van der Waals surface area (Å²) < 4.78 is 5.10. The molecule has 0 fully saturated rings. The summed E-state index contributed by atoms with van der Waals surface area (Å²) in [5.74, 6) is 0.917. The van der Waals surface area contributed by atoms with Crippen LogP contribution in [-0.2, 0) is 11.2 Å². The number of nitrogens with one attached hydrogen (secondary N) is 2. The summed E-state index contributed by atoms with van der Waals surface area (Å²) in [6.45, 7) is 1.31. The van der Waals surface area contributed by atoms with Gasteiger partial charge in [-0.05, 0) is 36.2 Å². The van der Waals surface area contributed by atoms with Crippen molar-refractivity contribution in [3.8, 4) is 5.75 Å². The number of benzene rings is 2. The first-order valence-electron chi connectivity index (χ1n) is 7.46. The van der Waals surface area contributed by atoms with Crippen LogP contribution in [0.2, 0.25) is 0 Å².